The van der Waals surface area contributed by atoms with Crippen molar-refractivity contribution in [3.05, 3.63) is 35.4 Å². The zero-order valence-corrected chi connectivity index (χ0v) is 10.7. The Hall–Kier alpha value is -1.33. The summed E-state index contributed by atoms with van der Waals surface area (Å²) >= 11 is 0. The van der Waals surface area contributed by atoms with E-state index in [-0.39, 0.29) is 0 Å². The third kappa shape index (κ3) is 6.76. The first kappa shape index (κ1) is 13.7. The van der Waals surface area contributed by atoms with Crippen molar-refractivity contribution in [3.8, 4) is 6.07 Å². The molecule has 0 amide bonds. The summed E-state index contributed by atoms with van der Waals surface area (Å²) in [5.74, 6) is 0. The minimum absolute atomic E-state index is 0.614. The van der Waals surface area contributed by atoms with E-state index in [1.165, 1.54) is 36.8 Å². The van der Waals surface area contributed by atoms with Crippen molar-refractivity contribution in [2.75, 3.05) is 13.1 Å². The van der Waals surface area contributed by atoms with Crippen LogP contribution in [-0.2, 0) is 6.42 Å². The van der Waals surface area contributed by atoms with Crippen LogP contribution in [0.5, 0.6) is 0 Å². The fourth-order valence-corrected chi connectivity index (χ4v) is 1.89. The van der Waals surface area contributed by atoms with Gasteiger partial charge >= 0.3 is 0 Å². The standard InChI is InChI=1S/C15H22N2/c1-14-7-5-9-15(13-14)8-3-2-4-11-17-12-6-10-16/h5,7,9,13,17H,2-4,6,8,11-12H2,1H3. The van der Waals surface area contributed by atoms with Gasteiger partial charge in [0, 0.05) is 13.0 Å². The Morgan fingerprint density at radius 1 is 1.18 bits per heavy atom. The molecule has 0 bridgehead atoms. The number of benzene rings is 1. The highest BCUT2D eigenvalue weighted by molar-refractivity contribution is 5.22. The average Bonchev–Trinajstić information content (AvgIpc) is 2.33. The highest BCUT2D eigenvalue weighted by Crippen LogP contribution is 2.08. The number of hydrogen-bond acceptors (Lipinski definition) is 2. The van der Waals surface area contributed by atoms with Crippen molar-refractivity contribution in [1.82, 2.24) is 5.32 Å². The van der Waals surface area contributed by atoms with Gasteiger partial charge in [0.2, 0.25) is 0 Å². The minimum atomic E-state index is 0.614. The number of rotatable bonds is 8. The predicted molar refractivity (Wildman–Crippen MR) is 71.8 cm³/mol. The van der Waals surface area contributed by atoms with Crippen LogP contribution in [-0.4, -0.2) is 13.1 Å². The SMILES string of the molecule is Cc1cccc(CCCCCNCCC#N)c1. The van der Waals surface area contributed by atoms with E-state index in [2.05, 4.69) is 42.6 Å². The molecule has 1 aromatic rings. The summed E-state index contributed by atoms with van der Waals surface area (Å²) in [5, 5.41) is 11.6. The van der Waals surface area contributed by atoms with Crippen molar-refractivity contribution in [2.24, 2.45) is 0 Å². The second-order valence-electron chi connectivity index (χ2n) is 4.46. The molecule has 0 spiro atoms. The molecule has 92 valence electrons. The molecule has 2 nitrogen and oxygen atoms in total. The van der Waals surface area contributed by atoms with Gasteiger partial charge in [0.1, 0.15) is 0 Å². The van der Waals surface area contributed by atoms with Crippen molar-refractivity contribution < 1.29 is 0 Å². The minimum Gasteiger partial charge on any atom is -0.316 e. The quantitative estimate of drug-likeness (QED) is 0.696. The van der Waals surface area contributed by atoms with Gasteiger partial charge in [0.25, 0.3) is 0 Å². The summed E-state index contributed by atoms with van der Waals surface area (Å²) in [7, 11) is 0. The lowest BCUT2D eigenvalue weighted by Gasteiger charge is -2.04. The number of nitrogens with one attached hydrogen (secondary N) is 1. The van der Waals surface area contributed by atoms with Crippen LogP contribution < -0.4 is 5.32 Å². The maximum Gasteiger partial charge on any atom is 0.0635 e. The molecule has 0 fully saturated rings. The highest BCUT2D eigenvalue weighted by Gasteiger charge is 1.94. The summed E-state index contributed by atoms with van der Waals surface area (Å²) in [4.78, 5) is 0. The number of nitriles is 1. The van der Waals surface area contributed by atoms with Gasteiger partial charge < -0.3 is 5.32 Å². The van der Waals surface area contributed by atoms with Crippen LogP contribution in [0.4, 0.5) is 0 Å². The molecule has 1 N–H and O–H groups in total. The van der Waals surface area contributed by atoms with Gasteiger partial charge in [-0.05, 0) is 38.3 Å². The molecular formula is C15H22N2. The second kappa shape index (κ2) is 8.78. The van der Waals surface area contributed by atoms with Crippen LogP contribution >= 0.6 is 0 Å². The summed E-state index contributed by atoms with van der Waals surface area (Å²) < 4.78 is 0. The molecule has 0 aliphatic rings. The van der Waals surface area contributed by atoms with Crippen molar-refractivity contribution >= 4 is 0 Å². The Bertz CT molecular complexity index is 352. The zero-order chi connectivity index (χ0) is 12.3. The number of aryl methyl sites for hydroxylation is 2. The molecule has 0 aliphatic carbocycles. The fourth-order valence-electron chi connectivity index (χ4n) is 1.89. The molecule has 0 radical (unpaired) electrons. The maximum absolute atomic E-state index is 8.37. The van der Waals surface area contributed by atoms with Gasteiger partial charge in [-0.1, -0.05) is 36.2 Å². The molecular weight excluding hydrogens is 208 g/mol. The third-order valence-corrected chi connectivity index (χ3v) is 2.82. The van der Waals surface area contributed by atoms with Gasteiger partial charge in [0.05, 0.1) is 6.07 Å². The Kier molecular flexibility index (Phi) is 7.09. The van der Waals surface area contributed by atoms with E-state index < -0.39 is 0 Å². The normalized spacial score (nSPS) is 10.1. The number of hydrogen-bond donors (Lipinski definition) is 1. The van der Waals surface area contributed by atoms with Crippen LogP contribution in [0.25, 0.3) is 0 Å². The Morgan fingerprint density at radius 3 is 2.82 bits per heavy atom. The van der Waals surface area contributed by atoms with Crippen molar-refractivity contribution in [3.63, 3.8) is 0 Å². The highest BCUT2D eigenvalue weighted by atomic mass is 14.8. The molecule has 0 aromatic heterocycles. The van der Waals surface area contributed by atoms with E-state index in [9.17, 15) is 0 Å². The predicted octanol–water partition coefficient (Wildman–Crippen LogP) is 3.21. The Balaban J connectivity index is 1.99. The monoisotopic (exact) mass is 230 g/mol. The Morgan fingerprint density at radius 2 is 2.06 bits per heavy atom. The van der Waals surface area contributed by atoms with Crippen LogP contribution in [0.2, 0.25) is 0 Å². The van der Waals surface area contributed by atoms with Crippen molar-refractivity contribution in [1.29, 1.82) is 5.26 Å². The van der Waals surface area contributed by atoms with E-state index in [4.69, 9.17) is 5.26 Å². The molecule has 0 saturated heterocycles. The van der Waals surface area contributed by atoms with E-state index in [1.807, 2.05) is 0 Å². The van der Waals surface area contributed by atoms with E-state index >= 15 is 0 Å². The lowest BCUT2D eigenvalue weighted by molar-refractivity contribution is 0.607. The topological polar surface area (TPSA) is 35.8 Å². The summed E-state index contributed by atoms with van der Waals surface area (Å²) in [5.41, 5.74) is 2.79. The lowest BCUT2D eigenvalue weighted by Crippen LogP contribution is -2.16. The van der Waals surface area contributed by atoms with E-state index in [0.29, 0.717) is 6.42 Å². The lowest BCUT2D eigenvalue weighted by atomic mass is 10.1. The van der Waals surface area contributed by atoms with Gasteiger partial charge in [0.15, 0.2) is 0 Å². The molecule has 0 aliphatic heterocycles. The first-order valence-electron chi connectivity index (χ1n) is 6.46. The number of unbranched alkanes of at least 4 members (excludes halogenated alkanes) is 2. The molecule has 0 heterocycles. The molecule has 17 heavy (non-hydrogen) atoms. The van der Waals surface area contributed by atoms with Crippen LogP contribution in [0.1, 0.15) is 36.8 Å². The van der Waals surface area contributed by atoms with E-state index in [1.54, 1.807) is 0 Å². The molecule has 0 saturated carbocycles. The first-order chi connectivity index (χ1) is 8.33. The number of nitrogens with zero attached hydrogens (tertiary/aromatic N) is 1. The van der Waals surface area contributed by atoms with Crippen LogP contribution in [0.3, 0.4) is 0 Å². The zero-order valence-electron chi connectivity index (χ0n) is 10.7. The van der Waals surface area contributed by atoms with Gasteiger partial charge in [-0.25, -0.2) is 0 Å². The van der Waals surface area contributed by atoms with Crippen molar-refractivity contribution in [2.45, 2.75) is 39.0 Å². The van der Waals surface area contributed by atoms with Gasteiger partial charge in [-0.3, -0.25) is 0 Å². The van der Waals surface area contributed by atoms with E-state index in [0.717, 1.165) is 13.1 Å². The third-order valence-electron chi connectivity index (χ3n) is 2.82. The first-order valence-corrected chi connectivity index (χ1v) is 6.46. The largest absolute Gasteiger partial charge is 0.316 e. The van der Waals surface area contributed by atoms with Gasteiger partial charge in [-0.2, -0.15) is 5.26 Å². The fraction of sp³-hybridized carbons (Fsp3) is 0.533. The molecule has 0 unspecified atom stereocenters. The smallest absolute Gasteiger partial charge is 0.0635 e. The molecule has 2 heteroatoms. The van der Waals surface area contributed by atoms with Crippen LogP contribution in [0, 0.1) is 18.3 Å². The molecule has 0 atom stereocenters. The Labute approximate surface area is 105 Å². The van der Waals surface area contributed by atoms with Crippen LogP contribution in [0.15, 0.2) is 24.3 Å². The maximum atomic E-state index is 8.37. The summed E-state index contributed by atoms with van der Waals surface area (Å²) in [6, 6.07) is 10.9. The van der Waals surface area contributed by atoms with Gasteiger partial charge in [-0.15, -0.1) is 0 Å². The summed E-state index contributed by atoms with van der Waals surface area (Å²) in [6.45, 7) is 4.01. The second-order valence-corrected chi connectivity index (χ2v) is 4.46. The molecule has 1 rings (SSSR count). The molecule has 1 aromatic carbocycles. The average molecular weight is 230 g/mol. The summed E-state index contributed by atoms with van der Waals surface area (Å²) in [6.07, 6.45) is 5.51.